The Kier molecular flexibility index (Phi) is 4.72. The third-order valence-corrected chi connectivity index (χ3v) is 4.14. The molecule has 1 aromatic heterocycles. The molecule has 1 aliphatic heterocycles. The van der Waals surface area contributed by atoms with E-state index in [1.165, 1.54) is 0 Å². The van der Waals surface area contributed by atoms with E-state index >= 15 is 0 Å². The van der Waals surface area contributed by atoms with Crippen LogP contribution in [0.5, 0.6) is 0 Å². The van der Waals surface area contributed by atoms with E-state index in [1.807, 2.05) is 10.9 Å². The molecule has 1 saturated heterocycles. The van der Waals surface area contributed by atoms with Gasteiger partial charge in [0, 0.05) is 31.7 Å². The number of carbonyl (C=O) groups is 2. The Morgan fingerprint density at radius 2 is 2.09 bits per heavy atom. The number of amides is 2. The summed E-state index contributed by atoms with van der Waals surface area (Å²) in [5.41, 5.74) is 0.430. The predicted octanol–water partition coefficient (Wildman–Crippen LogP) is 0.0636. The van der Waals surface area contributed by atoms with Crippen LogP contribution in [0.4, 0.5) is 0 Å². The minimum Gasteiger partial charge on any atom is -0.354 e. The van der Waals surface area contributed by atoms with Crippen molar-refractivity contribution < 1.29 is 9.59 Å². The number of carbonyl (C=O) groups excluding carboxylic acids is 2. The van der Waals surface area contributed by atoms with Gasteiger partial charge in [-0.1, -0.05) is 0 Å². The first-order chi connectivity index (χ1) is 10.7. The molecule has 1 aliphatic carbocycles. The van der Waals surface area contributed by atoms with Gasteiger partial charge in [-0.05, 0) is 38.3 Å². The number of rotatable bonds is 6. The van der Waals surface area contributed by atoms with Crippen molar-refractivity contribution in [3.05, 3.63) is 18.0 Å². The Hall–Kier alpha value is -1.89. The summed E-state index contributed by atoms with van der Waals surface area (Å²) in [7, 11) is 0. The first-order valence-electron chi connectivity index (χ1n) is 8.06. The minimum absolute atomic E-state index is 0.100. The van der Waals surface area contributed by atoms with Gasteiger partial charge in [-0.15, -0.1) is 0 Å². The highest BCUT2D eigenvalue weighted by Crippen LogP contribution is 2.28. The summed E-state index contributed by atoms with van der Waals surface area (Å²) in [5, 5.41) is 13.3. The Morgan fingerprint density at radius 3 is 2.82 bits per heavy atom. The van der Waals surface area contributed by atoms with Gasteiger partial charge in [0.1, 0.15) is 5.69 Å². The van der Waals surface area contributed by atoms with Gasteiger partial charge >= 0.3 is 0 Å². The van der Waals surface area contributed by atoms with Gasteiger partial charge in [0.2, 0.25) is 5.91 Å². The molecule has 120 valence electrons. The van der Waals surface area contributed by atoms with Gasteiger partial charge in [0.05, 0.1) is 6.04 Å². The van der Waals surface area contributed by atoms with E-state index in [0.29, 0.717) is 24.8 Å². The van der Waals surface area contributed by atoms with Gasteiger partial charge < -0.3 is 16.0 Å². The van der Waals surface area contributed by atoms with Crippen LogP contribution in [0.25, 0.3) is 0 Å². The second-order valence-corrected chi connectivity index (χ2v) is 6.00. The number of hydrogen-bond donors (Lipinski definition) is 3. The first-order valence-corrected chi connectivity index (χ1v) is 8.06. The fourth-order valence-corrected chi connectivity index (χ4v) is 2.66. The zero-order valence-electron chi connectivity index (χ0n) is 12.7. The maximum atomic E-state index is 12.0. The number of hydrogen-bond acceptors (Lipinski definition) is 4. The molecule has 7 heteroatoms. The maximum absolute atomic E-state index is 12.0. The quantitative estimate of drug-likeness (QED) is 0.649. The van der Waals surface area contributed by atoms with E-state index in [-0.39, 0.29) is 17.7 Å². The molecular formula is C15H23N5O2. The van der Waals surface area contributed by atoms with Crippen LogP contribution in [-0.4, -0.2) is 47.8 Å². The third-order valence-electron chi connectivity index (χ3n) is 4.14. The smallest absolute Gasteiger partial charge is 0.271 e. The van der Waals surface area contributed by atoms with Gasteiger partial charge in [0.15, 0.2) is 0 Å². The highest BCUT2D eigenvalue weighted by molar-refractivity contribution is 5.92. The molecule has 2 aliphatic rings. The zero-order chi connectivity index (χ0) is 15.4. The van der Waals surface area contributed by atoms with Crippen LogP contribution in [0, 0.1) is 5.92 Å². The van der Waals surface area contributed by atoms with E-state index in [9.17, 15) is 9.59 Å². The highest BCUT2D eigenvalue weighted by Gasteiger charge is 2.29. The van der Waals surface area contributed by atoms with Crippen molar-refractivity contribution in [1.82, 2.24) is 25.7 Å². The maximum Gasteiger partial charge on any atom is 0.271 e. The lowest BCUT2D eigenvalue weighted by atomic mass is 10.1. The molecule has 22 heavy (non-hydrogen) atoms. The normalized spacial score (nSPS) is 21.4. The highest BCUT2D eigenvalue weighted by atomic mass is 16.2. The molecule has 7 nitrogen and oxygen atoms in total. The standard InChI is InChI=1S/C15H23N5O2/c21-14(11-3-4-11)17-7-8-18-15(22)13-5-9-20(19-13)12-2-1-6-16-10-12/h5,9,11-12,16H,1-4,6-8,10H2,(H,17,21)(H,18,22). The lowest BCUT2D eigenvalue weighted by Gasteiger charge is -2.22. The molecule has 1 unspecified atom stereocenters. The summed E-state index contributed by atoms with van der Waals surface area (Å²) in [6, 6.07) is 2.07. The molecule has 0 aromatic carbocycles. The number of nitrogens with zero attached hydrogens (tertiary/aromatic N) is 2. The average molecular weight is 305 g/mol. The molecule has 1 aromatic rings. The lowest BCUT2D eigenvalue weighted by molar-refractivity contribution is -0.122. The van der Waals surface area contributed by atoms with Crippen molar-refractivity contribution in [2.75, 3.05) is 26.2 Å². The molecule has 0 radical (unpaired) electrons. The number of piperidine rings is 1. The second kappa shape index (κ2) is 6.91. The molecule has 0 spiro atoms. The Labute approximate surface area is 129 Å². The van der Waals surface area contributed by atoms with Crippen LogP contribution in [0.2, 0.25) is 0 Å². The van der Waals surface area contributed by atoms with Crippen LogP contribution < -0.4 is 16.0 Å². The van der Waals surface area contributed by atoms with Gasteiger partial charge in [-0.3, -0.25) is 14.3 Å². The van der Waals surface area contributed by atoms with Crippen LogP contribution in [-0.2, 0) is 4.79 Å². The van der Waals surface area contributed by atoms with Crippen molar-refractivity contribution in [2.45, 2.75) is 31.7 Å². The summed E-state index contributed by atoms with van der Waals surface area (Å²) in [5.74, 6) is 0.113. The molecule has 1 atom stereocenters. The van der Waals surface area contributed by atoms with Crippen molar-refractivity contribution in [1.29, 1.82) is 0 Å². The molecular weight excluding hydrogens is 282 g/mol. The fraction of sp³-hybridized carbons (Fsp3) is 0.667. The van der Waals surface area contributed by atoms with Crippen LogP contribution in [0.3, 0.4) is 0 Å². The Bertz CT molecular complexity index is 532. The summed E-state index contributed by atoms with van der Waals surface area (Å²) in [6.45, 7) is 2.84. The predicted molar refractivity (Wildman–Crippen MR) is 81.4 cm³/mol. The summed E-state index contributed by atoms with van der Waals surface area (Å²) < 4.78 is 1.87. The Balaban J connectivity index is 1.41. The van der Waals surface area contributed by atoms with Crippen molar-refractivity contribution in [2.24, 2.45) is 5.92 Å². The zero-order valence-corrected chi connectivity index (χ0v) is 12.7. The molecule has 2 amide bonds. The minimum atomic E-state index is -0.191. The van der Waals surface area contributed by atoms with Crippen LogP contribution in [0.15, 0.2) is 12.3 Å². The van der Waals surface area contributed by atoms with Gasteiger partial charge in [0.25, 0.3) is 5.91 Å². The third kappa shape index (κ3) is 3.85. The van der Waals surface area contributed by atoms with E-state index < -0.39 is 0 Å². The van der Waals surface area contributed by atoms with E-state index in [2.05, 4.69) is 21.0 Å². The Morgan fingerprint density at radius 1 is 1.27 bits per heavy atom. The first kappa shape index (κ1) is 15.0. The monoisotopic (exact) mass is 305 g/mol. The SMILES string of the molecule is O=C(NCCNC(=O)C1CC1)c1ccn(C2CCCNC2)n1. The average Bonchev–Trinajstić information content (AvgIpc) is 3.29. The van der Waals surface area contributed by atoms with Crippen LogP contribution in [0.1, 0.15) is 42.2 Å². The van der Waals surface area contributed by atoms with Crippen molar-refractivity contribution >= 4 is 11.8 Å². The molecule has 1 saturated carbocycles. The lowest BCUT2D eigenvalue weighted by Crippen LogP contribution is -2.35. The van der Waals surface area contributed by atoms with E-state index in [4.69, 9.17) is 0 Å². The largest absolute Gasteiger partial charge is 0.354 e. The van der Waals surface area contributed by atoms with Crippen molar-refractivity contribution in [3.63, 3.8) is 0 Å². The number of aromatic nitrogens is 2. The summed E-state index contributed by atoms with van der Waals surface area (Å²) in [4.78, 5) is 23.5. The van der Waals surface area contributed by atoms with E-state index in [0.717, 1.165) is 38.8 Å². The number of nitrogens with one attached hydrogen (secondary N) is 3. The van der Waals surface area contributed by atoms with Crippen molar-refractivity contribution in [3.8, 4) is 0 Å². The summed E-state index contributed by atoms with van der Waals surface area (Å²) >= 11 is 0. The molecule has 2 fully saturated rings. The van der Waals surface area contributed by atoms with Gasteiger partial charge in [-0.25, -0.2) is 0 Å². The van der Waals surface area contributed by atoms with Crippen LogP contribution >= 0.6 is 0 Å². The molecule has 3 N–H and O–H groups in total. The summed E-state index contributed by atoms with van der Waals surface area (Å²) in [6.07, 6.45) is 6.06. The second-order valence-electron chi connectivity index (χ2n) is 6.00. The van der Waals surface area contributed by atoms with E-state index in [1.54, 1.807) is 6.07 Å². The molecule has 3 rings (SSSR count). The van der Waals surface area contributed by atoms with Gasteiger partial charge in [-0.2, -0.15) is 5.10 Å². The molecule has 2 heterocycles. The topological polar surface area (TPSA) is 88.0 Å². The fourth-order valence-electron chi connectivity index (χ4n) is 2.66. The molecule has 0 bridgehead atoms.